The maximum atomic E-state index is 11.6. The second-order valence-corrected chi connectivity index (χ2v) is 5.94. The number of ether oxygens (including phenoxy) is 2. The highest BCUT2D eigenvalue weighted by Crippen LogP contribution is 2.10. The molecular weight excluding hydrogens is 290 g/mol. The highest BCUT2D eigenvalue weighted by molar-refractivity contribution is 5.69. The maximum absolute atomic E-state index is 11.6. The number of carbonyl (C=O) groups is 1. The van der Waals surface area contributed by atoms with Crippen LogP contribution in [0.2, 0.25) is 0 Å². The average molecular weight is 321 g/mol. The van der Waals surface area contributed by atoms with Gasteiger partial charge >= 0.3 is 5.97 Å². The van der Waals surface area contributed by atoms with E-state index in [0.717, 1.165) is 18.6 Å². The van der Waals surface area contributed by atoms with E-state index in [0.29, 0.717) is 13.0 Å². The summed E-state index contributed by atoms with van der Waals surface area (Å²) in [5.74, 6) is 0.617. The van der Waals surface area contributed by atoms with E-state index < -0.39 is 0 Å². The van der Waals surface area contributed by atoms with Gasteiger partial charge in [0.25, 0.3) is 0 Å². The summed E-state index contributed by atoms with van der Waals surface area (Å²) in [5.41, 5.74) is 5.89. The van der Waals surface area contributed by atoms with Crippen LogP contribution in [0.3, 0.4) is 0 Å². The zero-order valence-electron chi connectivity index (χ0n) is 14.3. The Balaban J connectivity index is 1.98. The van der Waals surface area contributed by atoms with Crippen molar-refractivity contribution in [1.82, 2.24) is 0 Å². The number of esters is 1. The van der Waals surface area contributed by atoms with Crippen LogP contribution in [0.4, 0.5) is 0 Å². The van der Waals surface area contributed by atoms with Gasteiger partial charge in [0.1, 0.15) is 19.0 Å². The number of hydrogen-bond donors (Lipinski definition) is 1. The molecule has 1 unspecified atom stereocenters. The van der Waals surface area contributed by atoms with Crippen molar-refractivity contribution in [2.75, 3.05) is 13.2 Å². The zero-order chi connectivity index (χ0) is 16.8. The van der Waals surface area contributed by atoms with Gasteiger partial charge in [0.15, 0.2) is 0 Å². The molecule has 4 nitrogen and oxygen atoms in total. The Morgan fingerprint density at radius 3 is 2.35 bits per heavy atom. The first kappa shape index (κ1) is 19.5. The summed E-state index contributed by atoms with van der Waals surface area (Å²) in [4.78, 5) is 11.6. The second-order valence-electron chi connectivity index (χ2n) is 5.94. The van der Waals surface area contributed by atoms with Crippen LogP contribution in [0.1, 0.15) is 58.3 Å². The fraction of sp³-hybridized carbons (Fsp3) is 0.632. The Hall–Kier alpha value is -1.55. The third-order valence-electron chi connectivity index (χ3n) is 3.65. The van der Waals surface area contributed by atoms with E-state index >= 15 is 0 Å². The number of rotatable bonds is 13. The topological polar surface area (TPSA) is 61.5 Å². The van der Waals surface area contributed by atoms with Crippen molar-refractivity contribution in [1.29, 1.82) is 0 Å². The largest absolute Gasteiger partial charge is 0.492 e. The van der Waals surface area contributed by atoms with Gasteiger partial charge < -0.3 is 15.2 Å². The Bertz CT molecular complexity index is 408. The van der Waals surface area contributed by atoms with Crippen molar-refractivity contribution in [3.8, 4) is 5.75 Å². The van der Waals surface area contributed by atoms with Crippen LogP contribution >= 0.6 is 0 Å². The molecule has 0 radical (unpaired) electrons. The predicted molar refractivity (Wildman–Crippen MR) is 93.5 cm³/mol. The molecule has 0 amide bonds. The van der Waals surface area contributed by atoms with Crippen molar-refractivity contribution in [3.05, 3.63) is 30.3 Å². The molecule has 0 saturated carbocycles. The summed E-state index contributed by atoms with van der Waals surface area (Å²) in [6.07, 6.45) is 8.84. The number of hydrogen-bond acceptors (Lipinski definition) is 4. The summed E-state index contributed by atoms with van der Waals surface area (Å²) < 4.78 is 10.7. The summed E-state index contributed by atoms with van der Waals surface area (Å²) in [5, 5.41) is 0. The zero-order valence-corrected chi connectivity index (χ0v) is 14.3. The van der Waals surface area contributed by atoms with E-state index in [4.69, 9.17) is 15.2 Å². The van der Waals surface area contributed by atoms with Gasteiger partial charge in [0, 0.05) is 6.42 Å². The lowest BCUT2D eigenvalue weighted by molar-refractivity contribution is -0.144. The van der Waals surface area contributed by atoms with Gasteiger partial charge in [-0.2, -0.15) is 0 Å². The summed E-state index contributed by atoms with van der Waals surface area (Å²) in [6, 6.07) is 9.19. The van der Waals surface area contributed by atoms with E-state index in [-0.39, 0.29) is 18.6 Å². The summed E-state index contributed by atoms with van der Waals surface area (Å²) >= 11 is 0. The minimum absolute atomic E-state index is 0.159. The third kappa shape index (κ3) is 10.7. The molecule has 0 saturated heterocycles. The Kier molecular flexibility index (Phi) is 11.0. The molecular formula is C19H31NO3. The van der Waals surface area contributed by atoms with Crippen LogP contribution in [0.15, 0.2) is 30.3 Å². The molecule has 0 spiro atoms. The minimum Gasteiger partial charge on any atom is -0.492 e. The van der Waals surface area contributed by atoms with Gasteiger partial charge in [-0.15, -0.1) is 0 Å². The highest BCUT2D eigenvalue weighted by atomic mass is 16.5. The van der Waals surface area contributed by atoms with Crippen molar-refractivity contribution in [2.45, 2.75) is 64.3 Å². The van der Waals surface area contributed by atoms with E-state index in [9.17, 15) is 4.79 Å². The summed E-state index contributed by atoms with van der Waals surface area (Å²) in [7, 11) is 0. The van der Waals surface area contributed by atoms with Gasteiger partial charge in [-0.05, 0) is 18.6 Å². The molecule has 0 aliphatic heterocycles. The van der Waals surface area contributed by atoms with E-state index in [1.807, 2.05) is 30.3 Å². The molecule has 0 aliphatic carbocycles. The van der Waals surface area contributed by atoms with Crippen LogP contribution in [0.25, 0.3) is 0 Å². The fourth-order valence-corrected chi connectivity index (χ4v) is 2.27. The summed E-state index contributed by atoms with van der Waals surface area (Å²) in [6.45, 7) is 2.77. The maximum Gasteiger partial charge on any atom is 0.305 e. The standard InChI is InChI=1S/C19H31NO3/c1-2-3-4-5-6-7-11-14-19(21)23-16-17(20)15-22-18-12-9-8-10-13-18/h8-10,12-13,17H,2-7,11,14-16,20H2,1H3. The Morgan fingerprint density at radius 2 is 1.65 bits per heavy atom. The Labute approximate surface area is 140 Å². The van der Waals surface area contributed by atoms with Crippen LogP contribution < -0.4 is 10.5 Å². The van der Waals surface area contributed by atoms with Gasteiger partial charge in [0.2, 0.25) is 0 Å². The fourth-order valence-electron chi connectivity index (χ4n) is 2.27. The first-order chi connectivity index (χ1) is 11.2. The van der Waals surface area contributed by atoms with Crippen molar-refractivity contribution in [3.63, 3.8) is 0 Å². The lowest BCUT2D eigenvalue weighted by Crippen LogP contribution is -2.33. The molecule has 130 valence electrons. The molecule has 1 aromatic rings. The average Bonchev–Trinajstić information content (AvgIpc) is 2.58. The minimum atomic E-state index is -0.298. The highest BCUT2D eigenvalue weighted by Gasteiger charge is 2.08. The molecule has 1 rings (SSSR count). The van der Waals surface area contributed by atoms with Gasteiger partial charge in [-0.3, -0.25) is 4.79 Å². The number of para-hydroxylation sites is 1. The molecule has 4 heteroatoms. The molecule has 0 fully saturated rings. The molecule has 0 bridgehead atoms. The van der Waals surface area contributed by atoms with E-state index in [1.54, 1.807) is 0 Å². The lowest BCUT2D eigenvalue weighted by atomic mass is 10.1. The normalized spacial score (nSPS) is 11.9. The third-order valence-corrected chi connectivity index (χ3v) is 3.65. The van der Waals surface area contributed by atoms with Crippen LogP contribution in [-0.2, 0) is 9.53 Å². The van der Waals surface area contributed by atoms with Gasteiger partial charge in [0.05, 0.1) is 6.04 Å². The van der Waals surface area contributed by atoms with E-state index in [2.05, 4.69) is 6.92 Å². The monoisotopic (exact) mass is 321 g/mol. The van der Waals surface area contributed by atoms with Gasteiger partial charge in [-0.1, -0.05) is 63.6 Å². The molecule has 2 N–H and O–H groups in total. The molecule has 23 heavy (non-hydrogen) atoms. The SMILES string of the molecule is CCCCCCCCCC(=O)OCC(N)COc1ccccc1. The quantitative estimate of drug-likeness (QED) is 0.439. The van der Waals surface area contributed by atoms with Gasteiger partial charge in [-0.25, -0.2) is 0 Å². The molecule has 1 atom stereocenters. The first-order valence-electron chi connectivity index (χ1n) is 8.81. The molecule has 0 aliphatic rings. The number of unbranched alkanes of at least 4 members (excludes halogenated alkanes) is 6. The Morgan fingerprint density at radius 1 is 1.00 bits per heavy atom. The van der Waals surface area contributed by atoms with Crippen LogP contribution in [0.5, 0.6) is 5.75 Å². The number of carbonyl (C=O) groups excluding carboxylic acids is 1. The molecule has 0 aromatic heterocycles. The lowest BCUT2D eigenvalue weighted by Gasteiger charge is -2.13. The number of nitrogens with two attached hydrogens (primary N) is 1. The van der Waals surface area contributed by atoms with Crippen LogP contribution in [-0.4, -0.2) is 25.2 Å². The first-order valence-corrected chi connectivity index (χ1v) is 8.81. The smallest absolute Gasteiger partial charge is 0.305 e. The van der Waals surface area contributed by atoms with Crippen molar-refractivity contribution >= 4 is 5.97 Å². The van der Waals surface area contributed by atoms with Crippen molar-refractivity contribution in [2.24, 2.45) is 5.73 Å². The van der Waals surface area contributed by atoms with Crippen LogP contribution in [0, 0.1) is 0 Å². The number of benzene rings is 1. The van der Waals surface area contributed by atoms with E-state index in [1.165, 1.54) is 32.1 Å². The van der Waals surface area contributed by atoms with Crippen molar-refractivity contribution < 1.29 is 14.3 Å². The predicted octanol–water partition coefficient (Wildman–Crippen LogP) is 4.08. The second kappa shape index (κ2) is 12.9. The molecule has 1 aromatic carbocycles. The molecule has 0 heterocycles.